The van der Waals surface area contributed by atoms with E-state index in [1.165, 1.54) is 13.1 Å². The number of carbonyl (C=O) groups is 1. The Hall–Kier alpha value is -1.89. The van der Waals surface area contributed by atoms with Gasteiger partial charge in [-0.25, -0.2) is 0 Å². The second-order valence-corrected chi connectivity index (χ2v) is 2.70. The van der Waals surface area contributed by atoms with Crippen molar-refractivity contribution in [2.75, 3.05) is 0 Å². The maximum absolute atomic E-state index is 11.1. The van der Waals surface area contributed by atoms with Gasteiger partial charge in [-0.2, -0.15) is 5.26 Å². The van der Waals surface area contributed by atoms with E-state index in [0.717, 1.165) is 0 Å². The molecule has 1 N–H and O–H groups in total. The van der Waals surface area contributed by atoms with Crippen molar-refractivity contribution in [3.05, 3.63) is 33.2 Å². The summed E-state index contributed by atoms with van der Waals surface area (Å²) in [6.45, 7) is 2.98. The minimum Gasteiger partial charge on any atom is -0.327 e. The molecule has 0 unspecified atom stereocenters. The van der Waals surface area contributed by atoms with Crippen LogP contribution in [0, 0.1) is 18.3 Å². The highest BCUT2D eigenvalue weighted by Gasteiger charge is 2.10. The third-order valence-electron chi connectivity index (χ3n) is 1.84. The predicted octanol–water partition coefficient (Wildman–Crippen LogP) is 0.758. The summed E-state index contributed by atoms with van der Waals surface area (Å²) in [5, 5.41) is 8.62. The van der Waals surface area contributed by atoms with Gasteiger partial charge in [0.1, 0.15) is 11.6 Å². The number of Topliss-reactive ketones (excluding diaryl/α,β-unsaturated/α-hetero) is 1. The number of hydrogen-bond acceptors (Lipinski definition) is 3. The highest BCUT2D eigenvalue weighted by molar-refractivity contribution is 5.95. The lowest BCUT2D eigenvalue weighted by Crippen LogP contribution is -2.14. The lowest BCUT2D eigenvalue weighted by Gasteiger charge is -2.01. The Morgan fingerprint density at radius 3 is 2.69 bits per heavy atom. The van der Waals surface area contributed by atoms with Gasteiger partial charge in [0.2, 0.25) is 0 Å². The van der Waals surface area contributed by atoms with Crippen molar-refractivity contribution in [3.8, 4) is 6.07 Å². The number of aromatic amines is 1. The van der Waals surface area contributed by atoms with Gasteiger partial charge in [-0.1, -0.05) is 0 Å². The summed E-state index contributed by atoms with van der Waals surface area (Å²) in [6, 6.07) is 1.76. The monoisotopic (exact) mass is 176 g/mol. The standard InChI is InChI=1S/C9H8N2O2/c1-5-7(3-10)9(13)11-4-8(5)6(2)12/h4H,1-2H3,(H,11,13). The number of hydrogen-bond donors (Lipinski definition) is 1. The molecular formula is C9H8N2O2. The smallest absolute Gasteiger partial charge is 0.266 e. The summed E-state index contributed by atoms with van der Waals surface area (Å²) in [6.07, 6.45) is 1.33. The van der Waals surface area contributed by atoms with Crippen LogP contribution in [0.1, 0.15) is 28.4 Å². The Morgan fingerprint density at radius 1 is 1.62 bits per heavy atom. The van der Waals surface area contributed by atoms with E-state index in [2.05, 4.69) is 4.98 Å². The zero-order valence-corrected chi connectivity index (χ0v) is 7.34. The van der Waals surface area contributed by atoms with Crippen LogP contribution in [0.4, 0.5) is 0 Å². The summed E-state index contributed by atoms with van der Waals surface area (Å²) in [5.74, 6) is -0.162. The van der Waals surface area contributed by atoms with E-state index < -0.39 is 5.56 Å². The second kappa shape index (κ2) is 3.23. The van der Waals surface area contributed by atoms with E-state index in [-0.39, 0.29) is 11.3 Å². The first-order valence-corrected chi connectivity index (χ1v) is 3.71. The van der Waals surface area contributed by atoms with Crippen molar-refractivity contribution >= 4 is 5.78 Å². The van der Waals surface area contributed by atoms with Crippen LogP contribution in [0.2, 0.25) is 0 Å². The fourth-order valence-electron chi connectivity index (χ4n) is 1.12. The summed E-state index contributed by atoms with van der Waals surface area (Å²) in [5.41, 5.74) is 0.382. The molecule has 0 bridgehead atoms. The van der Waals surface area contributed by atoms with Crippen LogP contribution in [-0.2, 0) is 0 Å². The maximum atomic E-state index is 11.1. The third kappa shape index (κ3) is 1.49. The molecule has 0 saturated heterocycles. The van der Waals surface area contributed by atoms with E-state index in [9.17, 15) is 9.59 Å². The van der Waals surface area contributed by atoms with Crippen LogP contribution in [0.15, 0.2) is 11.0 Å². The number of ketones is 1. The molecule has 0 aromatic carbocycles. The molecule has 0 aliphatic carbocycles. The van der Waals surface area contributed by atoms with Crippen LogP contribution in [0.25, 0.3) is 0 Å². The van der Waals surface area contributed by atoms with E-state index in [4.69, 9.17) is 5.26 Å². The van der Waals surface area contributed by atoms with Crippen molar-refractivity contribution < 1.29 is 4.79 Å². The molecule has 1 heterocycles. The van der Waals surface area contributed by atoms with Gasteiger partial charge in [0, 0.05) is 11.8 Å². The lowest BCUT2D eigenvalue weighted by atomic mass is 10.0. The minimum atomic E-state index is -0.454. The molecule has 1 aromatic rings. The molecule has 0 amide bonds. The SMILES string of the molecule is CC(=O)c1c[nH]c(=O)c(C#N)c1C. The molecule has 0 aliphatic rings. The maximum Gasteiger partial charge on any atom is 0.266 e. The predicted molar refractivity (Wildman–Crippen MR) is 46.5 cm³/mol. The van der Waals surface area contributed by atoms with Crippen molar-refractivity contribution in [1.82, 2.24) is 4.98 Å². The number of nitriles is 1. The number of aromatic nitrogens is 1. The molecule has 1 aromatic heterocycles. The van der Waals surface area contributed by atoms with Gasteiger partial charge in [0.05, 0.1) is 0 Å². The second-order valence-electron chi connectivity index (χ2n) is 2.70. The highest BCUT2D eigenvalue weighted by Crippen LogP contribution is 2.07. The summed E-state index contributed by atoms with van der Waals surface area (Å²) >= 11 is 0. The first-order chi connectivity index (χ1) is 6.07. The third-order valence-corrected chi connectivity index (χ3v) is 1.84. The molecule has 0 atom stereocenters. The number of rotatable bonds is 1. The minimum absolute atomic E-state index is 0.00713. The van der Waals surface area contributed by atoms with Crippen LogP contribution >= 0.6 is 0 Å². The van der Waals surface area contributed by atoms with Gasteiger partial charge in [-0.15, -0.1) is 0 Å². The molecule has 13 heavy (non-hydrogen) atoms. The molecular weight excluding hydrogens is 168 g/mol. The van der Waals surface area contributed by atoms with E-state index in [1.807, 2.05) is 0 Å². The molecule has 0 fully saturated rings. The van der Waals surface area contributed by atoms with Gasteiger partial charge in [0.15, 0.2) is 5.78 Å². The summed E-state index contributed by atoms with van der Waals surface area (Å²) < 4.78 is 0. The Bertz CT molecular complexity index is 452. The van der Waals surface area contributed by atoms with E-state index >= 15 is 0 Å². The molecule has 66 valence electrons. The first-order valence-electron chi connectivity index (χ1n) is 3.71. The first kappa shape index (κ1) is 9.20. The number of H-pyrrole nitrogens is 1. The van der Waals surface area contributed by atoms with Gasteiger partial charge < -0.3 is 4.98 Å². The molecule has 4 heteroatoms. The Balaban J connectivity index is 3.57. The van der Waals surface area contributed by atoms with Crippen molar-refractivity contribution in [3.63, 3.8) is 0 Å². The summed E-state index contributed by atoms with van der Waals surface area (Å²) in [7, 11) is 0. The van der Waals surface area contributed by atoms with Crippen molar-refractivity contribution in [1.29, 1.82) is 5.26 Å². The molecule has 4 nitrogen and oxygen atoms in total. The fourth-order valence-corrected chi connectivity index (χ4v) is 1.12. The topological polar surface area (TPSA) is 73.7 Å². The van der Waals surface area contributed by atoms with Crippen LogP contribution in [-0.4, -0.2) is 10.8 Å². The fraction of sp³-hybridized carbons (Fsp3) is 0.222. The molecule has 0 saturated carbocycles. The van der Waals surface area contributed by atoms with Crippen LogP contribution < -0.4 is 5.56 Å². The van der Waals surface area contributed by atoms with Crippen LogP contribution in [0.3, 0.4) is 0 Å². The Morgan fingerprint density at radius 2 is 2.23 bits per heavy atom. The molecule has 0 spiro atoms. The zero-order valence-electron chi connectivity index (χ0n) is 7.34. The number of nitrogens with one attached hydrogen (secondary N) is 1. The van der Waals surface area contributed by atoms with E-state index in [0.29, 0.717) is 11.1 Å². The number of carbonyl (C=O) groups excluding carboxylic acids is 1. The summed E-state index contributed by atoms with van der Waals surface area (Å²) in [4.78, 5) is 24.4. The zero-order chi connectivity index (χ0) is 10.0. The molecule has 0 aliphatic heterocycles. The molecule has 1 rings (SSSR count). The molecule has 0 radical (unpaired) electrons. The van der Waals surface area contributed by atoms with Gasteiger partial charge in [-0.05, 0) is 19.4 Å². The largest absolute Gasteiger partial charge is 0.327 e. The lowest BCUT2D eigenvalue weighted by molar-refractivity contribution is 0.101. The van der Waals surface area contributed by atoms with Gasteiger partial charge in [0.25, 0.3) is 5.56 Å². The highest BCUT2D eigenvalue weighted by atomic mass is 16.1. The Kier molecular flexibility index (Phi) is 2.29. The average Bonchev–Trinajstić information content (AvgIpc) is 2.04. The van der Waals surface area contributed by atoms with E-state index in [1.54, 1.807) is 13.0 Å². The average molecular weight is 176 g/mol. The van der Waals surface area contributed by atoms with Gasteiger partial charge in [-0.3, -0.25) is 9.59 Å². The van der Waals surface area contributed by atoms with Crippen molar-refractivity contribution in [2.24, 2.45) is 0 Å². The number of pyridine rings is 1. The normalized spacial score (nSPS) is 9.31. The van der Waals surface area contributed by atoms with Crippen LogP contribution in [0.5, 0.6) is 0 Å². The van der Waals surface area contributed by atoms with Gasteiger partial charge >= 0.3 is 0 Å². The Labute approximate surface area is 74.8 Å². The van der Waals surface area contributed by atoms with Crippen molar-refractivity contribution in [2.45, 2.75) is 13.8 Å². The quantitative estimate of drug-likeness (QED) is 0.642. The number of nitrogens with zero attached hydrogens (tertiary/aromatic N) is 1.